The number of benzene rings is 1. The minimum atomic E-state index is -3.10. The van der Waals surface area contributed by atoms with E-state index in [9.17, 15) is 22.8 Å². The molecule has 1 fully saturated rings. The van der Waals surface area contributed by atoms with Gasteiger partial charge in [0, 0.05) is 25.2 Å². The Kier molecular flexibility index (Phi) is 6.95. The highest BCUT2D eigenvalue weighted by atomic mass is 32.2. The third kappa shape index (κ3) is 6.35. The van der Waals surface area contributed by atoms with E-state index in [-0.39, 0.29) is 29.9 Å². The van der Waals surface area contributed by atoms with Gasteiger partial charge in [0.05, 0.1) is 17.9 Å². The smallest absolute Gasteiger partial charge is 0.310 e. The molecule has 148 valence electrons. The number of likely N-dealkylation sites (N-methyl/N-ethyl adjacent to an activating group) is 1. The predicted molar refractivity (Wildman–Crippen MR) is 99.9 cm³/mol. The molecule has 2 amide bonds. The van der Waals surface area contributed by atoms with E-state index in [1.165, 1.54) is 11.8 Å². The van der Waals surface area contributed by atoms with Crippen LogP contribution in [0.2, 0.25) is 0 Å². The zero-order valence-corrected chi connectivity index (χ0v) is 16.3. The highest BCUT2D eigenvalue weighted by Gasteiger charge is 2.34. The van der Waals surface area contributed by atoms with Crippen molar-refractivity contribution in [3.8, 4) is 0 Å². The first kappa shape index (κ1) is 20.9. The molecule has 1 atom stereocenters. The average molecular weight is 396 g/mol. The van der Waals surface area contributed by atoms with Gasteiger partial charge in [-0.25, -0.2) is 8.42 Å². The molecule has 1 aliphatic heterocycles. The third-order valence-corrected chi connectivity index (χ3v) is 6.04. The Morgan fingerprint density at radius 2 is 1.89 bits per heavy atom. The molecule has 0 bridgehead atoms. The zero-order chi connectivity index (χ0) is 20.0. The molecule has 2 rings (SSSR count). The van der Waals surface area contributed by atoms with E-state index in [0.29, 0.717) is 24.2 Å². The number of rotatable bonds is 7. The van der Waals surface area contributed by atoms with E-state index in [4.69, 9.17) is 4.74 Å². The van der Waals surface area contributed by atoms with E-state index in [1.54, 1.807) is 31.2 Å². The number of nitrogens with one attached hydrogen (secondary N) is 1. The molecular formula is C18H24N2O6S. The number of amides is 2. The van der Waals surface area contributed by atoms with Crippen molar-refractivity contribution in [1.82, 2.24) is 4.90 Å². The lowest BCUT2D eigenvalue weighted by atomic mass is 10.1. The second-order valence-corrected chi connectivity index (χ2v) is 8.68. The van der Waals surface area contributed by atoms with Crippen molar-refractivity contribution in [1.29, 1.82) is 0 Å². The zero-order valence-electron chi connectivity index (χ0n) is 15.4. The lowest BCUT2D eigenvalue weighted by Gasteiger charge is -2.26. The van der Waals surface area contributed by atoms with E-state index in [1.807, 2.05) is 0 Å². The minimum Gasteiger partial charge on any atom is -0.455 e. The molecule has 1 saturated heterocycles. The second kappa shape index (κ2) is 8.98. The van der Waals surface area contributed by atoms with Crippen LogP contribution < -0.4 is 5.32 Å². The molecule has 0 radical (unpaired) electrons. The monoisotopic (exact) mass is 396 g/mol. The third-order valence-electron chi connectivity index (χ3n) is 4.29. The Bertz CT molecular complexity index is 804. The summed E-state index contributed by atoms with van der Waals surface area (Å²) in [5.74, 6) is -1.09. The van der Waals surface area contributed by atoms with Crippen LogP contribution in [0, 0.1) is 0 Å². The predicted octanol–water partition coefficient (Wildman–Crippen LogP) is 0.766. The van der Waals surface area contributed by atoms with E-state index < -0.39 is 28.3 Å². The molecular weight excluding hydrogens is 372 g/mol. The summed E-state index contributed by atoms with van der Waals surface area (Å²) in [4.78, 5) is 36.7. The first-order chi connectivity index (χ1) is 12.7. The van der Waals surface area contributed by atoms with Crippen LogP contribution in [-0.2, 0) is 35.4 Å². The molecule has 1 heterocycles. The van der Waals surface area contributed by atoms with Crippen LogP contribution in [0.5, 0.6) is 0 Å². The summed E-state index contributed by atoms with van der Waals surface area (Å²) in [6.07, 6.45) is 0.411. The van der Waals surface area contributed by atoms with Crippen LogP contribution in [0.4, 0.5) is 5.69 Å². The number of carbonyl (C=O) groups excluding carboxylic acids is 3. The number of anilines is 1. The van der Waals surface area contributed by atoms with Gasteiger partial charge in [-0.15, -0.1) is 0 Å². The van der Waals surface area contributed by atoms with Crippen LogP contribution in [0.15, 0.2) is 24.3 Å². The molecule has 0 spiro atoms. The maximum Gasteiger partial charge on any atom is 0.310 e. The molecule has 9 heteroatoms. The number of sulfone groups is 1. The summed E-state index contributed by atoms with van der Waals surface area (Å²) >= 11 is 0. The maximum absolute atomic E-state index is 12.3. The molecule has 27 heavy (non-hydrogen) atoms. The largest absolute Gasteiger partial charge is 0.455 e. The first-order valence-corrected chi connectivity index (χ1v) is 10.5. The lowest BCUT2D eigenvalue weighted by Crippen LogP contribution is -2.43. The Labute approximate surface area is 158 Å². The number of nitrogens with zero attached hydrogens (tertiary/aromatic N) is 1. The number of hydrogen-bond acceptors (Lipinski definition) is 6. The fourth-order valence-electron chi connectivity index (χ4n) is 3.01. The van der Waals surface area contributed by atoms with Gasteiger partial charge in [0.15, 0.2) is 16.4 Å². The number of ether oxygens (including phenoxy) is 1. The second-order valence-electron chi connectivity index (χ2n) is 6.45. The van der Waals surface area contributed by atoms with E-state index in [0.717, 1.165) is 0 Å². The van der Waals surface area contributed by atoms with Gasteiger partial charge in [-0.2, -0.15) is 0 Å². The number of hydrogen-bond donors (Lipinski definition) is 1. The van der Waals surface area contributed by atoms with Gasteiger partial charge < -0.3 is 15.0 Å². The maximum atomic E-state index is 12.3. The van der Waals surface area contributed by atoms with Gasteiger partial charge in [0.25, 0.3) is 5.91 Å². The minimum absolute atomic E-state index is 0.00242. The van der Waals surface area contributed by atoms with Crippen LogP contribution >= 0.6 is 0 Å². The Morgan fingerprint density at radius 3 is 2.41 bits per heavy atom. The molecule has 0 unspecified atom stereocenters. The Morgan fingerprint density at radius 1 is 1.22 bits per heavy atom. The number of carbonyl (C=O) groups is 3. The Balaban J connectivity index is 1.83. The topological polar surface area (TPSA) is 110 Å². The molecule has 0 saturated carbocycles. The van der Waals surface area contributed by atoms with Crippen molar-refractivity contribution in [3.05, 3.63) is 29.8 Å². The lowest BCUT2D eigenvalue weighted by molar-refractivity contribution is -0.152. The van der Waals surface area contributed by atoms with Crippen molar-refractivity contribution in [2.75, 3.05) is 30.0 Å². The summed E-state index contributed by atoms with van der Waals surface area (Å²) in [7, 11) is -3.10. The van der Waals surface area contributed by atoms with Gasteiger partial charge in [-0.05, 0) is 31.0 Å². The van der Waals surface area contributed by atoms with Crippen molar-refractivity contribution < 1.29 is 27.5 Å². The van der Waals surface area contributed by atoms with Crippen molar-refractivity contribution in [2.45, 2.75) is 32.7 Å². The fourth-order valence-corrected chi connectivity index (χ4v) is 4.74. The highest BCUT2D eigenvalue weighted by molar-refractivity contribution is 7.91. The molecule has 0 aliphatic carbocycles. The van der Waals surface area contributed by atoms with Gasteiger partial charge in [0.2, 0.25) is 5.91 Å². The molecule has 1 aromatic rings. The Hall–Kier alpha value is -2.42. The van der Waals surface area contributed by atoms with Crippen LogP contribution in [0.1, 0.15) is 25.8 Å². The molecule has 1 aliphatic rings. The first-order valence-electron chi connectivity index (χ1n) is 8.72. The van der Waals surface area contributed by atoms with Gasteiger partial charge in [-0.3, -0.25) is 14.4 Å². The van der Waals surface area contributed by atoms with Crippen LogP contribution in [0.3, 0.4) is 0 Å². The van der Waals surface area contributed by atoms with Gasteiger partial charge in [0.1, 0.15) is 0 Å². The standard InChI is InChI=1S/C18H24N2O6S/c1-3-20(16-8-9-27(24,25)12-16)17(22)11-26-18(23)10-14-4-6-15(7-5-14)19-13(2)21/h4-7,16H,3,8-12H2,1-2H3,(H,19,21)/t16-/m1/s1. The van der Waals surface area contributed by atoms with E-state index in [2.05, 4.69) is 5.32 Å². The fraction of sp³-hybridized carbons (Fsp3) is 0.500. The average Bonchev–Trinajstić information content (AvgIpc) is 2.94. The van der Waals surface area contributed by atoms with Crippen molar-refractivity contribution in [2.24, 2.45) is 0 Å². The van der Waals surface area contributed by atoms with E-state index >= 15 is 0 Å². The molecule has 1 N–H and O–H groups in total. The molecule has 1 aromatic carbocycles. The normalized spacial score (nSPS) is 17.9. The van der Waals surface area contributed by atoms with Crippen molar-refractivity contribution in [3.63, 3.8) is 0 Å². The highest BCUT2D eigenvalue weighted by Crippen LogP contribution is 2.18. The summed E-state index contributed by atoms with van der Waals surface area (Å²) in [6, 6.07) is 6.38. The molecule has 0 aromatic heterocycles. The van der Waals surface area contributed by atoms with Crippen LogP contribution in [-0.4, -0.2) is 61.8 Å². The van der Waals surface area contributed by atoms with Gasteiger partial charge >= 0.3 is 5.97 Å². The summed E-state index contributed by atoms with van der Waals surface area (Å²) < 4.78 is 28.2. The quantitative estimate of drug-likeness (QED) is 0.682. The summed E-state index contributed by atoms with van der Waals surface area (Å²) in [5.41, 5.74) is 1.32. The summed E-state index contributed by atoms with van der Waals surface area (Å²) in [5, 5.41) is 2.63. The van der Waals surface area contributed by atoms with Gasteiger partial charge in [-0.1, -0.05) is 12.1 Å². The molecule has 8 nitrogen and oxygen atoms in total. The summed E-state index contributed by atoms with van der Waals surface area (Å²) in [6.45, 7) is 3.12. The van der Waals surface area contributed by atoms with Crippen LogP contribution in [0.25, 0.3) is 0 Å². The SMILES string of the molecule is CCN(C(=O)COC(=O)Cc1ccc(NC(C)=O)cc1)[C@@H]1CCS(=O)(=O)C1. The van der Waals surface area contributed by atoms with Crippen molar-refractivity contribution >= 4 is 33.3 Å². The number of esters is 1.